The minimum Gasteiger partial charge on any atom is -0.382 e. The Morgan fingerprint density at radius 1 is 1.19 bits per heavy atom. The number of rotatable bonds is 8. The molecule has 1 aliphatic rings. The van der Waals surface area contributed by atoms with Gasteiger partial charge in [0.1, 0.15) is 0 Å². The summed E-state index contributed by atoms with van der Waals surface area (Å²) in [5, 5.41) is 3.40. The quantitative estimate of drug-likeness (QED) is 0.782. The van der Waals surface area contributed by atoms with Crippen molar-refractivity contribution >= 4 is 5.69 Å². The van der Waals surface area contributed by atoms with Crippen molar-refractivity contribution < 1.29 is 14.2 Å². The van der Waals surface area contributed by atoms with Crippen LogP contribution in [-0.4, -0.2) is 59.8 Å². The average Bonchev–Trinajstić information content (AvgIpc) is 2.55. The highest BCUT2D eigenvalue weighted by Crippen LogP contribution is 2.16. The zero-order valence-electron chi connectivity index (χ0n) is 13.0. The van der Waals surface area contributed by atoms with Crippen LogP contribution in [0.1, 0.15) is 5.56 Å². The molecule has 5 nitrogen and oxygen atoms in total. The van der Waals surface area contributed by atoms with Crippen LogP contribution in [0.4, 0.5) is 5.69 Å². The van der Waals surface area contributed by atoms with Crippen molar-refractivity contribution in [2.24, 2.45) is 0 Å². The molecule has 21 heavy (non-hydrogen) atoms. The Labute approximate surface area is 127 Å². The molecule has 5 heteroatoms. The van der Waals surface area contributed by atoms with Crippen molar-refractivity contribution in [2.45, 2.75) is 12.6 Å². The van der Waals surface area contributed by atoms with Crippen LogP contribution in [-0.2, 0) is 20.8 Å². The maximum absolute atomic E-state index is 5.38. The number of benzene rings is 1. The lowest BCUT2D eigenvalue weighted by molar-refractivity contribution is 0.0288. The first-order chi connectivity index (χ1) is 10.3. The molecule has 0 radical (unpaired) electrons. The number of morpholine rings is 1. The molecule has 1 saturated heterocycles. The summed E-state index contributed by atoms with van der Waals surface area (Å²) in [4.78, 5) is 2.36. The molecule has 1 aromatic rings. The Kier molecular flexibility index (Phi) is 6.95. The van der Waals surface area contributed by atoms with E-state index < -0.39 is 0 Å². The number of nitrogens with zero attached hydrogens (tertiary/aromatic N) is 1. The van der Waals surface area contributed by atoms with E-state index >= 15 is 0 Å². The number of hydrogen-bond donors (Lipinski definition) is 1. The second-order valence-corrected chi connectivity index (χ2v) is 5.21. The summed E-state index contributed by atoms with van der Waals surface area (Å²) in [5.74, 6) is 0. The third-order valence-corrected chi connectivity index (χ3v) is 3.70. The van der Waals surface area contributed by atoms with Gasteiger partial charge in [-0.15, -0.1) is 0 Å². The molecule has 0 aliphatic carbocycles. The summed E-state index contributed by atoms with van der Waals surface area (Å²) in [6.07, 6.45) is 0.0997. The summed E-state index contributed by atoms with van der Waals surface area (Å²) in [5.41, 5.74) is 2.55. The Hall–Kier alpha value is -1.14. The van der Waals surface area contributed by atoms with Crippen molar-refractivity contribution in [3.63, 3.8) is 0 Å². The molecule has 0 bridgehead atoms. The average molecular weight is 294 g/mol. The highest BCUT2D eigenvalue weighted by molar-refractivity contribution is 5.47. The number of methoxy groups -OCH3 is 2. The molecule has 1 aliphatic heterocycles. The van der Waals surface area contributed by atoms with Crippen LogP contribution in [0.25, 0.3) is 0 Å². The second kappa shape index (κ2) is 9.00. The maximum atomic E-state index is 5.38. The summed E-state index contributed by atoms with van der Waals surface area (Å²) < 4.78 is 15.8. The fourth-order valence-corrected chi connectivity index (χ4v) is 2.42. The minimum absolute atomic E-state index is 0.0997. The molecule has 1 atom stereocenters. The van der Waals surface area contributed by atoms with E-state index in [2.05, 4.69) is 34.5 Å². The van der Waals surface area contributed by atoms with Gasteiger partial charge in [0.05, 0.1) is 25.9 Å². The van der Waals surface area contributed by atoms with Crippen molar-refractivity contribution in [2.75, 3.05) is 58.6 Å². The summed E-state index contributed by atoms with van der Waals surface area (Å²) >= 11 is 0. The Morgan fingerprint density at radius 3 is 2.52 bits per heavy atom. The number of ether oxygens (including phenoxy) is 3. The van der Waals surface area contributed by atoms with E-state index in [1.807, 2.05) is 0 Å². The lowest BCUT2D eigenvalue weighted by Gasteiger charge is -2.29. The zero-order chi connectivity index (χ0) is 14.9. The van der Waals surface area contributed by atoms with Crippen molar-refractivity contribution in [1.29, 1.82) is 0 Å². The molecule has 0 amide bonds. The molecule has 118 valence electrons. The van der Waals surface area contributed by atoms with E-state index in [4.69, 9.17) is 14.2 Å². The predicted molar refractivity (Wildman–Crippen MR) is 83.9 cm³/mol. The van der Waals surface area contributed by atoms with Crippen LogP contribution in [0.5, 0.6) is 0 Å². The predicted octanol–water partition coefficient (Wildman–Crippen LogP) is 1.27. The van der Waals surface area contributed by atoms with Crippen LogP contribution < -0.4 is 10.2 Å². The van der Waals surface area contributed by atoms with E-state index in [0.717, 1.165) is 39.4 Å². The first-order valence-corrected chi connectivity index (χ1v) is 7.47. The highest BCUT2D eigenvalue weighted by Gasteiger charge is 2.11. The van der Waals surface area contributed by atoms with Crippen LogP contribution in [0.3, 0.4) is 0 Å². The topological polar surface area (TPSA) is 43.0 Å². The summed E-state index contributed by atoms with van der Waals surface area (Å²) in [6, 6.07) is 8.72. The van der Waals surface area contributed by atoms with Crippen LogP contribution in [0, 0.1) is 0 Å². The Morgan fingerprint density at radius 2 is 1.90 bits per heavy atom. The van der Waals surface area contributed by atoms with E-state index in [-0.39, 0.29) is 6.10 Å². The molecule has 0 saturated carbocycles. The lowest BCUT2D eigenvalue weighted by Crippen LogP contribution is -2.36. The second-order valence-electron chi connectivity index (χ2n) is 5.21. The Balaban J connectivity index is 1.76. The van der Waals surface area contributed by atoms with Crippen LogP contribution in [0.2, 0.25) is 0 Å². The Bertz CT molecular complexity index is 391. The van der Waals surface area contributed by atoms with E-state index in [1.165, 1.54) is 11.3 Å². The zero-order valence-corrected chi connectivity index (χ0v) is 13.0. The fraction of sp³-hybridized carbons (Fsp3) is 0.625. The van der Waals surface area contributed by atoms with Gasteiger partial charge in [0.15, 0.2) is 0 Å². The maximum Gasteiger partial charge on any atom is 0.0928 e. The molecule has 1 unspecified atom stereocenters. The fourth-order valence-electron chi connectivity index (χ4n) is 2.42. The first-order valence-electron chi connectivity index (χ1n) is 7.47. The van der Waals surface area contributed by atoms with E-state index in [1.54, 1.807) is 14.2 Å². The van der Waals surface area contributed by atoms with E-state index in [9.17, 15) is 0 Å². The van der Waals surface area contributed by atoms with Gasteiger partial charge < -0.3 is 24.4 Å². The molecule has 0 aromatic heterocycles. The van der Waals surface area contributed by atoms with Gasteiger partial charge in [-0.3, -0.25) is 0 Å². The monoisotopic (exact) mass is 294 g/mol. The number of nitrogens with one attached hydrogen (secondary N) is 1. The van der Waals surface area contributed by atoms with Gasteiger partial charge in [-0.05, 0) is 17.7 Å². The van der Waals surface area contributed by atoms with Crippen molar-refractivity contribution in [3.05, 3.63) is 29.8 Å². The van der Waals surface area contributed by atoms with Gasteiger partial charge >= 0.3 is 0 Å². The van der Waals surface area contributed by atoms with Gasteiger partial charge in [0.25, 0.3) is 0 Å². The van der Waals surface area contributed by atoms with Gasteiger partial charge in [-0.1, -0.05) is 12.1 Å². The third kappa shape index (κ3) is 5.28. The van der Waals surface area contributed by atoms with Gasteiger partial charge in [0.2, 0.25) is 0 Å². The van der Waals surface area contributed by atoms with Crippen molar-refractivity contribution in [3.8, 4) is 0 Å². The highest BCUT2D eigenvalue weighted by atomic mass is 16.5. The SMILES string of the molecule is COCC(CNCc1ccc(N2CCOCC2)cc1)OC. The largest absolute Gasteiger partial charge is 0.382 e. The smallest absolute Gasteiger partial charge is 0.0928 e. The molecule has 2 rings (SSSR count). The van der Waals surface area contributed by atoms with Gasteiger partial charge in [-0.2, -0.15) is 0 Å². The molecule has 1 heterocycles. The molecule has 1 fully saturated rings. The van der Waals surface area contributed by atoms with Gasteiger partial charge in [0, 0.05) is 46.1 Å². The molecule has 0 spiro atoms. The standard InChI is InChI=1S/C16H26N2O3/c1-19-13-16(20-2)12-17-11-14-3-5-15(6-4-14)18-7-9-21-10-8-18/h3-6,16-17H,7-13H2,1-2H3. The van der Waals surface area contributed by atoms with Crippen LogP contribution >= 0.6 is 0 Å². The summed E-state index contributed by atoms with van der Waals surface area (Å²) in [7, 11) is 3.40. The van der Waals surface area contributed by atoms with Crippen LogP contribution in [0.15, 0.2) is 24.3 Å². The summed E-state index contributed by atoms with van der Waals surface area (Å²) in [6.45, 7) is 5.83. The molecule has 1 N–H and O–H groups in total. The normalized spacial score (nSPS) is 17.0. The number of hydrogen-bond acceptors (Lipinski definition) is 5. The minimum atomic E-state index is 0.0997. The van der Waals surface area contributed by atoms with E-state index in [0.29, 0.717) is 6.61 Å². The molecular formula is C16H26N2O3. The van der Waals surface area contributed by atoms with Crippen molar-refractivity contribution in [1.82, 2.24) is 5.32 Å². The molecular weight excluding hydrogens is 268 g/mol. The lowest BCUT2D eigenvalue weighted by atomic mass is 10.2. The third-order valence-electron chi connectivity index (χ3n) is 3.70. The molecule has 1 aromatic carbocycles. The number of anilines is 1. The van der Waals surface area contributed by atoms with Gasteiger partial charge in [-0.25, -0.2) is 0 Å². The first kappa shape index (κ1) is 16.2.